The zero-order chi connectivity index (χ0) is 10.0. The predicted molar refractivity (Wildman–Crippen MR) is 60.9 cm³/mol. The number of carbonyl (C=O) groups is 1. The molecule has 0 aliphatic heterocycles. The van der Waals surface area contributed by atoms with E-state index in [4.69, 9.17) is 4.74 Å². The van der Waals surface area contributed by atoms with Crippen LogP contribution in [0.4, 0.5) is 0 Å². The van der Waals surface area contributed by atoms with E-state index in [9.17, 15) is 4.79 Å². The number of ether oxygens (including phenoxy) is 1. The Kier molecular flexibility index (Phi) is 3.94. The van der Waals surface area contributed by atoms with Gasteiger partial charge in [-0.3, -0.25) is 4.79 Å². The minimum absolute atomic E-state index is 0.338. The van der Waals surface area contributed by atoms with E-state index >= 15 is 0 Å². The molecule has 0 atom stereocenters. The molecule has 0 spiro atoms. The predicted octanol–water partition coefficient (Wildman–Crippen LogP) is 3.90. The Morgan fingerprint density at radius 2 is 1.69 bits per heavy atom. The van der Waals surface area contributed by atoms with Gasteiger partial charge in [0.05, 0.1) is 4.47 Å². The van der Waals surface area contributed by atoms with Gasteiger partial charge in [0.2, 0.25) is 0 Å². The Bertz CT molecular complexity index is 349. The number of rotatable bonds is 1. The summed E-state index contributed by atoms with van der Waals surface area (Å²) in [5, 5.41) is 0. The first-order chi connectivity index (χ1) is 6.00. The largest absolute Gasteiger partial charge is 0.425 e. The second-order valence-electron chi connectivity index (χ2n) is 2.29. The first-order valence-electron chi connectivity index (χ1n) is 3.33. The fraction of sp³-hybridized carbons (Fsp3) is 0.125. The lowest BCUT2D eigenvalue weighted by atomic mass is 10.3. The summed E-state index contributed by atoms with van der Waals surface area (Å²) in [4.78, 5) is 10.7. The van der Waals surface area contributed by atoms with Gasteiger partial charge in [0, 0.05) is 15.9 Å². The molecule has 0 saturated heterocycles. The molecule has 1 aromatic carbocycles. The summed E-state index contributed by atoms with van der Waals surface area (Å²) in [6, 6.07) is 3.53. The summed E-state index contributed by atoms with van der Waals surface area (Å²) < 4.78 is 7.42. The molecule has 1 rings (SSSR count). The van der Waals surface area contributed by atoms with Crippen LogP contribution in [0.2, 0.25) is 0 Å². The third kappa shape index (κ3) is 3.07. The molecule has 0 heterocycles. The van der Waals surface area contributed by atoms with E-state index in [1.54, 1.807) is 6.07 Å². The smallest absolute Gasteiger partial charge is 0.308 e. The van der Waals surface area contributed by atoms with E-state index in [0.717, 1.165) is 13.4 Å². The van der Waals surface area contributed by atoms with Crippen molar-refractivity contribution in [3.63, 3.8) is 0 Å². The number of benzene rings is 1. The third-order valence-corrected chi connectivity index (χ3v) is 3.69. The van der Waals surface area contributed by atoms with E-state index in [2.05, 4.69) is 47.8 Å². The highest BCUT2D eigenvalue weighted by Crippen LogP contribution is 2.34. The average molecular weight is 373 g/mol. The Morgan fingerprint density at radius 3 is 2.23 bits per heavy atom. The van der Waals surface area contributed by atoms with Crippen molar-refractivity contribution in [2.75, 3.05) is 0 Å². The molecule has 0 aromatic heterocycles. The van der Waals surface area contributed by atoms with Gasteiger partial charge in [0.25, 0.3) is 0 Å². The molecule has 0 saturated carbocycles. The van der Waals surface area contributed by atoms with Gasteiger partial charge in [-0.1, -0.05) is 0 Å². The number of hydrogen-bond donors (Lipinski definition) is 0. The molecule has 0 bridgehead atoms. The van der Waals surface area contributed by atoms with E-state index in [1.165, 1.54) is 6.92 Å². The van der Waals surface area contributed by atoms with Crippen LogP contribution in [-0.4, -0.2) is 5.97 Å². The van der Waals surface area contributed by atoms with Gasteiger partial charge in [0.1, 0.15) is 5.75 Å². The highest BCUT2D eigenvalue weighted by molar-refractivity contribution is 9.13. The molecule has 5 heteroatoms. The average Bonchev–Trinajstić information content (AvgIpc) is 1.99. The second kappa shape index (κ2) is 4.57. The third-order valence-electron chi connectivity index (χ3n) is 1.23. The number of hydrogen-bond acceptors (Lipinski definition) is 2. The molecule has 70 valence electrons. The van der Waals surface area contributed by atoms with Crippen LogP contribution in [0, 0.1) is 0 Å². The Balaban J connectivity index is 3.08. The Morgan fingerprint density at radius 1 is 1.15 bits per heavy atom. The maximum absolute atomic E-state index is 10.7. The first-order valence-corrected chi connectivity index (χ1v) is 5.71. The molecule has 2 nitrogen and oxygen atoms in total. The number of esters is 1. The molecule has 1 aromatic rings. The van der Waals surface area contributed by atoms with E-state index < -0.39 is 0 Å². The van der Waals surface area contributed by atoms with Gasteiger partial charge in [-0.15, -0.1) is 0 Å². The quantitative estimate of drug-likeness (QED) is 0.424. The minimum atomic E-state index is -0.338. The second-order valence-corrected chi connectivity index (χ2v) is 4.85. The van der Waals surface area contributed by atoms with Crippen molar-refractivity contribution < 1.29 is 9.53 Å². The van der Waals surface area contributed by atoms with Crippen LogP contribution in [0.1, 0.15) is 6.92 Å². The molecule has 0 N–H and O–H groups in total. The minimum Gasteiger partial charge on any atom is -0.425 e. The SMILES string of the molecule is CC(=O)Oc1cc(Br)c(Br)cc1Br. The van der Waals surface area contributed by atoms with Crippen LogP contribution < -0.4 is 4.74 Å². The lowest BCUT2D eigenvalue weighted by molar-refractivity contribution is -0.131. The lowest BCUT2D eigenvalue weighted by Crippen LogP contribution is -2.01. The molecule has 13 heavy (non-hydrogen) atoms. The fourth-order valence-corrected chi connectivity index (χ4v) is 2.13. The highest BCUT2D eigenvalue weighted by Gasteiger charge is 2.07. The van der Waals surface area contributed by atoms with Gasteiger partial charge in [-0.2, -0.15) is 0 Å². The van der Waals surface area contributed by atoms with Crippen molar-refractivity contribution in [2.45, 2.75) is 6.92 Å². The monoisotopic (exact) mass is 370 g/mol. The normalized spacial score (nSPS) is 9.85. The van der Waals surface area contributed by atoms with Crippen LogP contribution in [-0.2, 0) is 4.79 Å². The molecule has 0 aliphatic carbocycles. The van der Waals surface area contributed by atoms with Crippen molar-refractivity contribution in [2.24, 2.45) is 0 Å². The van der Waals surface area contributed by atoms with E-state index in [1.807, 2.05) is 6.07 Å². The van der Waals surface area contributed by atoms with Crippen LogP contribution in [0.3, 0.4) is 0 Å². The number of carbonyl (C=O) groups excluding carboxylic acids is 1. The van der Waals surface area contributed by atoms with Crippen LogP contribution in [0.25, 0.3) is 0 Å². The summed E-state index contributed by atoms with van der Waals surface area (Å²) in [5.41, 5.74) is 0. The van der Waals surface area contributed by atoms with Gasteiger partial charge < -0.3 is 4.74 Å². The molecule has 0 radical (unpaired) electrons. The molecular formula is C8H5Br3O2. The summed E-state index contributed by atoms with van der Waals surface area (Å²) in [7, 11) is 0. The lowest BCUT2D eigenvalue weighted by Gasteiger charge is -2.05. The Labute approximate surface area is 101 Å². The van der Waals surface area contributed by atoms with E-state index in [0.29, 0.717) is 5.75 Å². The standard InChI is InChI=1S/C8H5Br3O2/c1-4(12)13-8-3-6(10)5(9)2-7(8)11/h2-3H,1H3. The molecule has 0 unspecified atom stereocenters. The molecule has 0 aliphatic rings. The maximum Gasteiger partial charge on any atom is 0.308 e. The summed E-state index contributed by atoms with van der Waals surface area (Å²) >= 11 is 9.92. The van der Waals surface area contributed by atoms with Crippen molar-refractivity contribution in [3.8, 4) is 5.75 Å². The van der Waals surface area contributed by atoms with Gasteiger partial charge in [-0.25, -0.2) is 0 Å². The first kappa shape index (κ1) is 11.2. The fourth-order valence-electron chi connectivity index (χ4n) is 0.737. The van der Waals surface area contributed by atoms with Gasteiger partial charge >= 0.3 is 5.97 Å². The van der Waals surface area contributed by atoms with E-state index in [-0.39, 0.29) is 5.97 Å². The highest BCUT2D eigenvalue weighted by atomic mass is 79.9. The molecule has 0 amide bonds. The van der Waals surface area contributed by atoms with Crippen molar-refractivity contribution in [3.05, 3.63) is 25.6 Å². The topological polar surface area (TPSA) is 26.3 Å². The summed E-state index contributed by atoms with van der Waals surface area (Å²) in [5.74, 6) is 0.164. The van der Waals surface area contributed by atoms with Crippen LogP contribution >= 0.6 is 47.8 Å². The van der Waals surface area contributed by atoms with Crippen LogP contribution in [0.5, 0.6) is 5.75 Å². The zero-order valence-electron chi connectivity index (χ0n) is 6.61. The molecular weight excluding hydrogens is 368 g/mol. The van der Waals surface area contributed by atoms with Crippen LogP contribution in [0.15, 0.2) is 25.6 Å². The molecule has 0 fully saturated rings. The van der Waals surface area contributed by atoms with Gasteiger partial charge in [-0.05, 0) is 59.9 Å². The Hall–Kier alpha value is 0.130. The van der Waals surface area contributed by atoms with Gasteiger partial charge in [0.15, 0.2) is 0 Å². The maximum atomic E-state index is 10.7. The van der Waals surface area contributed by atoms with Crippen molar-refractivity contribution in [1.29, 1.82) is 0 Å². The zero-order valence-corrected chi connectivity index (χ0v) is 11.4. The van der Waals surface area contributed by atoms with Crippen molar-refractivity contribution in [1.82, 2.24) is 0 Å². The number of halogens is 3. The van der Waals surface area contributed by atoms with Crippen molar-refractivity contribution >= 4 is 53.8 Å². The summed E-state index contributed by atoms with van der Waals surface area (Å²) in [6.45, 7) is 1.36. The summed E-state index contributed by atoms with van der Waals surface area (Å²) in [6.07, 6.45) is 0.